The Morgan fingerprint density at radius 1 is 0.238 bits per heavy atom. The quantitative estimate of drug-likeness (QED) is 0.201. The Kier molecular flexibility index (Phi) is 5.19. The second-order valence-corrected chi connectivity index (χ2v) is 11.7. The first-order valence-electron chi connectivity index (χ1n) is 14.8. The van der Waals surface area contributed by atoms with Crippen molar-refractivity contribution in [1.82, 2.24) is 0 Å². The van der Waals surface area contributed by atoms with Crippen molar-refractivity contribution in [3.8, 4) is 0 Å². The highest BCUT2D eigenvalue weighted by Crippen LogP contribution is 2.24. The van der Waals surface area contributed by atoms with E-state index >= 15 is 0 Å². The van der Waals surface area contributed by atoms with Crippen molar-refractivity contribution in [3.05, 3.63) is 158 Å². The number of rotatable bonds is 2. The van der Waals surface area contributed by atoms with Gasteiger partial charge < -0.3 is 0 Å². The summed E-state index contributed by atoms with van der Waals surface area (Å²) >= 11 is 0. The summed E-state index contributed by atoms with van der Waals surface area (Å²) < 4.78 is 0. The van der Waals surface area contributed by atoms with E-state index in [4.69, 9.17) is 0 Å². The molecule has 1 heterocycles. The standard InChI is InChI=1S/C40H26B2/c1-3-13-29-25-33-31(23-27(29)11-1)15-9-21-35(33)41-37-17-5-7-19-39(37)42(40-20-8-6-18-38(40)41)36-22-10-16-32-24-28-12-2-4-14-30(28)26-34(32)36/h1-26H. The molecule has 0 atom stereocenters. The van der Waals surface area contributed by atoms with Crippen LogP contribution in [-0.2, 0) is 0 Å². The van der Waals surface area contributed by atoms with Crippen molar-refractivity contribution < 1.29 is 0 Å². The largest absolute Gasteiger partial charge is 0.240 e. The first-order chi connectivity index (χ1) is 20.8. The van der Waals surface area contributed by atoms with Crippen molar-refractivity contribution in [1.29, 1.82) is 0 Å². The molecule has 0 aromatic heterocycles. The Morgan fingerprint density at radius 3 is 0.905 bits per heavy atom. The van der Waals surface area contributed by atoms with E-state index in [0.717, 1.165) is 0 Å². The van der Waals surface area contributed by atoms with Crippen LogP contribution in [0.4, 0.5) is 0 Å². The van der Waals surface area contributed by atoms with Crippen LogP contribution >= 0.6 is 0 Å². The van der Waals surface area contributed by atoms with Gasteiger partial charge in [0.25, 0.3) is 0 Å². The molecule has 0 bridgehead atoms. The van der Waals surface area contributed by atoms with Gasteiger partial charge in [0.2, 0.25) is 13.4 Å². The van der Waals surface area contributed by atoms with Gasteiger partial charge in [-0.2, -0.15) is 0 Å². The lowest BCUT2D eigenvalue weighted by Crippen LogP contribution is -2.75. The fraction of sp³-hybridized carbons (Fsp3) is 0. The topological polar surface area (TPSA) is 0 Å². The summed E-state index contributed by atoms with van der Waals surface area (Å²) in [7, 11) is 0. The van der Waals surface area contributed by atoms with Crippen LogP contribution in [0.5, 0.6) is 0 Å². The first kappa shape index (κ1) is 23.6. The van der Waals surface area contributed by atoms with Gasteiger partial charge in [0.1, 0.15) is 0 Å². The Hall–Kier alpha value is -5.07. The molecule has 1 aliphatic heterocycles. The van der Waals surface area contributed by atoms with Crippen molar-refractivity contribution in [2.75, 3.05) is 0 Å². The SMILES string of the molecule is c1ccc2c(c1)B(c1cccc3cc4ccccc4cc13)c1ccccc1B2c1cccc2cc3ccccc3cc12. The smallest absolute Gasteiger partial charge is 0.0733 e. The van der Waals surface area contributed by atoms with Crippen LogP contribution in [-0.4, -0.2) is 13.4 Å². The zero-order chi connectivity index (χ0) is 27.6. The Bertz CT molecular complexity index is 2120. The summed E-state index contributed by atoms with van der Waals surface area (Å²) in [5.41, 5.74) is 8.36. The molecule has 2 heteroatoms. The van der Waals surface area contributed by atoms with Crippen molar-refractivity contribution in [3.63, 3.8) is 0 Å². The average Bonchev–Trinajstić information content (AvgIpc) is 3.05. The molecule has 0 radical (unpaired) electrons. The maximum atomic E-state index is 2.40. The van der Waals surface area contributed by atoms with Gasteiger partial charge in [0.15, 0.2) is 0 Å². The molecule has 0 nitrogen and oxygen atoms in total. The third kappa shape index (κ3) is 3.52. The summed E-state index contributed by atoms with van der Waals surface area (Å²) in [6, 6.07) is 58.9. The third-order valence-corrected chi connectivity index (χ3v) is 9.42. The molecule has 1 aliphatic rings. The zero-order valence-electron chi connectivity index (χ0n) is 23.2. The third-order valence-electron chi connectivity index (χ3n) is 9.42. The molecule has 0 fully saturated rings. The van der Waals surface area contributed by atoms with E-state index < -0.39 is 0 Å². The Morgan fingerprint density at radius 2 is 0.524 bits per heavy atom. The molecule has 192 valence electrons. The van der Waals surface area contributed by atoms with Gasteiger partial charge in [-0.05, 0) is 67.4 Å². The van der Waals surface area contributed by atoms with Gasteiger partial charge in [0, 0.05) is 0 Å². The Labute approximate surface area is 246 Å². The number of hydrogen-bond acceptors (Lipinski definition) is 0. The van der Waals surface area contributed by atoms with E-state index in [-0.39, 0.29) is 13.4 Å². The van der Waals surface area contributed by atoms with Gasteiger partial charge in [-0.15, -0.1) is 0 Å². The van der Waals surface area contributed by atoms with Crippen LogP contribution in [0.2, 0.25) is 0 Å². The van der Waals surface area contributed by atoms with E-state index in [2.05, 4.69) is 158 Å². The fourth-order valence-corrected chi connectivity index (χ4v) is 7.56. The van der Waals surface area contributed by atoms with Crippen LogP contribution in [0.1, 0.15) is 0 Å². The van der Waals surface area contributed by atoms with Gasteiger partial charge >= 0.3 is 0 Å². The zero-order valence-corrected chi connectivity index (χ0v) is 23.2. The van der Waals surface area contributed by atoms with Gasteiger partial charge in [-0.25, -0.2) is 0 Å². The molecular weight excluding hydrogens is 502 g/mol. The van der Waals surface area contributed by atoms with Crippen molar-refractivity contribution >= 4 is 89.3 Å². The van der Waals surface area contributed by atoms with Crippen LogP contribution in [0.25, 0.3) is 43.1 Å². The van der Waals surface area contributed by atoms with E-state index in [0.29, 0.717) is 0 Å². The molecule has 0 spiro atoms. The minimum absolute atomic E-state index is 0.161. The highest BCUT2D eigenvalue weighted by molar-refractivity contribution is 7.12. The van der Waals surface area contributed by atoms with Crippen LogP contribution in [0.15, 0.2) is 158 Å². The minimum atomic E-state index is 0.161. The summed E-state index contributed by atoms with van der Waals surface area (Å²) in [6.45, 7) is 0.323. The maximum Gasteiger partial charge on any atom is 0.240 e. The summed E-state index contributed by atoms with van der Waals surface area (Å²) in [6.07, 6.45) is 0. The lowest BCUT2D eigenvalue weighted by Gasteiger charge is -2.33. The van der Waals surface area contributed by atoms with Gasteiger partial charge in [-0.1, -0.05) is 166 Å². The fourth-order valence-electron chi connectivity index (χ4n) is 7.56. The molecule has 42 heavy (non-hydrogen) atoms. The highest BCUT2D eigenvalue weighted by atomic mass is 14.1. The molecule has 0 saturated carbocycles. The Balaban J connectivity index is 1.32. The van der Waals surface area contributed by atoms with Crippen LogP contribution < -0.4 is 32.8 Å². The molecular formula is C40H26B2. The van der Waals surface area contributed by atoms with Crippen LogP contribution in [0, 0.1) is 0 Å². The minimum Gasteiger partial charge on any atom is -0.0733 e. The summed E-state index contributed by atoms with van der Waals surface area (Å²) in [4.78, 5) is 0. The predicted molar refractivity (Wildman–Crippen MR) is 185 cm³/mol. The van der Waals surface area contributed by atoms with E-state index in [1.54, 1.807) is 0 Å². The molecule has 8 aromatic carbocycles. The second kappa shape index (κ2) is 9.23. The number of benzene rings is 8. The van der Waals surface area contributed by atoms with Gasteiger partial charge in [-0.3, -0.25) is 0 Å². The summed E-state index contributed by atoms with van der Waals surface area (Å²) in [5.74, 6) is 0. The molecule has 0 aliphatic carbocycles. The van der Waals surface area contributed by atoms with E-state index in [1.165, 1.54) is 75.9 Å². The van der Waals surface area contributed by atoms with E-state index in [1.807, 2.05) is 0 Å². The molecule has 0 saturated heterocycles. The van der Waals surface area contributed by atoms with Crippen LogP contribution in [0.3, 0.4) is 0 Å². The first-order valence-corrected chi connectivity index (χ1v) is 14.8. The lowest BCUT2D eigenvalue weighted by atomic mass is 9.21. The monoisotopic (exact) mass is 528 g/mol. The van der Waals surface area contributed by atoms with Gasteiger partial charge in [0.05, 0.1) is 0 Å². The normalized spacial score (nSPS) is 12.7. The lowest BCUT2D eigenvalue weighted by molar-refractivity contribution is 1.73. The van der Waals surface area contributed by atoms with Crippen molar-refractivity contribution in [2.24, 2.45) is 0 Å². The molecule has 9 rings (SSSR count). The van der Waals surface area contributed by atoms with Crippen molar-refractivity contribution in [2.45, 2.75) is 0 Å². The number of hydrogen-bond donors (Lipinski definition) is 0. The number of fused-ring (bicyclic) bond motifs is 6. The molecule has 0 N–H and O–H groups in total. The maximum absolute atomic E-state index is 2.40. The molecule has 0 amide bonds. The van der Waals surface area contributed by atoms with E-state index in [9.17, 15) is 0 Å². The highest BCUT2D eigenvalue weighted by Gasteiger charge is 2.39. The second-order valence-electron chi connectivity index (χ2n) is 11.7. The summed E-state index contributed by atoms with van der Waals surface area (Å²) in [5, 5.41) is 10.4. The predicted octanol–water partition coefficient (Wildman–Crippen LogP) is 5.65. The average molecular weight is 528 g/mol. The molecule has 0 unspecified atom stereocenters. The molecule has 8 aromatic rings.